The zero-order chi connectivity index (χ0) is 28.2. The summed E-state index contributed by atoms with van der Waals surface area (Å²) in [4.78, 5) is 33.7. The molecular formula is C31H27Cl2FN4O3. The van der Waals surface area contributed by atoms with Gasteiger partial charge in [-0.25, -0.2) is 14.2 Å². The number of rotatable bonds is 4. The van der Waals surface area contributed by atoms with Crippen LogP contribution in [0, 0.1) is 11.7 Å². The van der Waals surface area contributed by atoms with Crippen LogP contribution in [0.5, 0.6) is 0 Å². The Morgan fingerprint density at radius 2 is 2.00 bits per heavy atom. The minimum Gasteiger partial charge on any atom is -0.478 e. The number of hydrogen-bond acceptors (Lipinski definition) is 4. The summed E-state index contributed by atoms with van der Waals surface area (Å²) < 4.78 is 18.4. The number of imidazole rings is 1. The van der Waals surface area contributed by atoms with E-state index in [1.165, 1.54) is 6.07 Å². The number of anilines is 1. The van der Waals surface area contributed by atoms with Gasteiger partial charge in [0.25, 0.3) is 0 Å². The first-order valence-electron chi connectivity index (χ1n) is 14.1. The second kappa shape index (κ2) is 8.90. The maximum absolute atomic E-state index is 16.2. The van der Waals surface area contributed by atoms with Crippen molar-refractivity contribution in [1.29, 1.82) is 0 Å². The number of nitrogens with zero attached hydrogens (tertiary/aromatic N) is 3. The van der Waals surface area contributed by atoms with Gasteiger partial charge in [-0.15, -0.1) is 0 Å². The lowest BCUT2D eigenvalue weighted by Crippen LogP contribution is -2.53. The van der Waals surface area contributed by atoms with Gasteiger partial charge in [0.2, 0.25) is 5.91 Å². The highest BCUT2D eigenvalue weighted by atomic mass is 35.5. The van der Waals surface area contributed by atoms with Crippen LogP contribution >= 0.6 is 23.2 Å². The van der Waals surface area contributed by atoms with Crippen molar-refractivity contribution in [3.63, 3.8) is 0 Å². The van der Waals surface area contributed by atoms with E-state index in [0.717, 1.165) is 42.9 Å². The predicted octanol–water partition coefficient (Wildman–Crippen LogP) is 5.96. The van der Waals surface area contributed by atoms with Gasteiger partial charge in [-0.05, 0) is 67.9 Å². The molecule has 5 aliphatic rings. The van der Waals surface area contributed by atoms with Gasteiger partial charge in [0, 0.05) is 58.5 Å². The number of fused-ring (bicyclic) bond motifs is 7. The van der Waals surface area contributed by atoms with Crippen molar-refractivity contribution in [2.75, 3.05) is 11.9 Å². The van der Waals surface area contributed by atoms with E-state index in [2.05, 4.69) is 14.8 Å². The van der Waals surface area contributed by atoms with E-state index in [1.54, 1.807) is 30.3 Å². The third kappa shape index (κ3) is 3.50. The molecule has 1 amide bonds. The lowest BCUT2D eigenvalue weighted by atomic mass is 9.70. The van der Waals surface area contributed by atoms with Gasteiger partial charge < -0.3 is 15.0 Å². The molecule has 1 saturated heterocycles. The average molecular weight is 593 g/mol. The predicted molar refractivity (Wildman–Crippen MR) is 153 cm³/mol. The SMILES string of the molecule is O=C(O)C1=Cc2nc3n(c2CC1)CC[C@H]1[C@@H]3[C@H](c2cccc(Cl)c2F)[C@]2(C(=O)Nc3cc(Cl)ccc32)N1CC1CC1. The van der Waals surface area contributed by atoms with E-state index in [9.17, 15) is 14.7 Å². The molecule has 0 radical (unpaired) electrons. The summed E-state index contributed by atoms with van der Waals surface area (Å²) in [7, 11) is 0. The van der Waals surface area contributed by atoms with E-state index in [0.29, 0.717) is 52.8 Å². The molecule has 2 aromatic carbocycles. The summed E-state index contributed by atoms with van der Waals surface area (Å²) in [5.74, 6) is -1.35. The van der Waals surface area contributed by atoms with Crippen molar-refractivity contribution in [2.45, 2.75) is 62.1 Å². The zero-order valence-corrected chi connectivity index (χ0v) is 23.6. The summed E-state index contributed by atoms with van der Waals surface area (Å²) in [6.07, 6.45) is 5.64. The Labute approximate surface area is 246 Å². The summed E-state index contributed by atoms with van der Waals surface area (Å²) >= 11 is 12.8. The van der Waals surface area contributed by atoms with Crippen LogP contribution < -0.4 is 5.32 Å². The molecule has 1 saturated carbocycles. The van der Waals surface area contributed by atoms with Crippen molar-refractivity contribution in [1.82, 2.24) is 14.5 Å². The molecule has 0 bridgehead atoms. The molecule has 7 nitrogen and oxygen atoms in total. The Balaban J connectivity index is 1.41. The van der Waals surface area contributed by atoms with Crippen LogP contribution in [0.25, 0.3) is 6.08 Å². The van der Waals surface area contributed by atoms with Crippen LogP contribution in [-0.4, -0.2) is 44.0 Å². The van der Waals surface area contributed by atoms with Crippen LogP contribution in [-0.2, 0) is 28.1 Å². The van der Waals surface area contributed by atoms with E-state index >= 15 is 4.39 Å². The number of benzene rings is 2. The van der Waals surface area contributed by atoms with Crippen LogP contribution in [0.2, 0.25) is 10.0 Å². The molecule has 41 heavy (non-hydrogen) atoms. The summed E-state index contributed by atoms with van der Waals surface area (Å²) in [6.45, 7) is 1.42. The number of amides is 1. The van der Waals surface area contributed by atoms with Gasteiger partial charge in [0.1, 0.15) is 17.2 Å². The molecule has 1 spiro atoms. The Kier molecular flexibility index (Phi) is 5.54. The number of carboxylic acids is 1. The van der Waals surface area contributed by atoms with Crippen LogP contribution in [0.3, 0.4) is 0 Å². The number of aromatic nitrogens is 2. The molecule has 8 rings (SSSR count). The third-order valence-corrected chi connectivity index (χ3v) is 10.4. The van der Waals surface area contributed by atoms with E-state index in [-0.39, 0.29) is 22.9 Å². The molecular weight excluding hydrogens is 566 g/mol. The second-order valence-electron chi connectivity index (χ2n) is 11.9. The number of carbonyl (C=O) groups is 2. The maximum atomic E-state index is 16.2. The largest absolute Gasteiger partial charge is 0.478 e. The fourth-order valence-electron chi connectivity index (χ4n) is 8.02. The lowest BCUT2D eigenvalue weighted by molar-refractivity contribution is -0.132. The minimum atomic E-state index is -1.19. The Morgan fingerprint density at radius 3 is 2.78 bits per heavy atom. The smallest absolute Gasteiger partial charge is 0.331 e. The summed E-state index contributed by atoms with van der Waals surface area (Å²) in [5, 5.41) is 13.3. The summed E-state index contributed by atoms with van der Waals surface area (Å²) in [5.41, 5.74) is 2.64. The number of carboxylic acid groups (broad SMARTS) is 1. The molecule has 3 aromatic rings. The van der Waals surface area contributed by atoms with Crippen molar-refractivity contribution >= 4 is 46.8 Å². The molecule has 210 valence electrons. The van der Waals surface area contributed by atoms with Crippen molar-refractivity contribution in [3.05, 3.63) is 86.2 Å². The summed E-state index contributed by atoms with van der Waals surface area (Å²) in [6, 6.07) is 10.4. The minimum absolute atomic E-state index is 0.0112. The first-order chi connectivity index (χ1) is 19.8. The number of carbonyl (C=O) groups excluding carboxylic acids is 1. The highest BCUT2D eigenvalue weighted by molar-refractivity contribution is 6.31. The number of likely N-dealkylation sites (tertiary alicyclic amines) is 1. The normalized spacial score (nSPS) is 28.1. The molecule has 3 aliphatic heterocycles. The molecule has 2 N–H and O–H groups in total. The molecule has 2 fully saturated rings. The van der Waals surface area contributed by atoms with Crippen LogP contribution in [0.4, 0.5) is 10.1 Å². The highest BCUT2D eigenvalue weighted by Gasteiger charge is 2.69. The van der Waals surface area contributed by atoms with Gasteiger partial charge in [0.15, 0.2) is 0 Å². The standard InChI is InChI=1S/C31H27Cl2FN4O3/c32-17-7-8-19-21(13-17)36-30(41)31(19)26(18-2-1-3-20(33)27(18)34)25-24(38(31)14-15-4-5-15)10-11-37-23-9-6-16(29(39)40)12-22(23)35-28(25)37/h1-3,7-8,12-13,15,24-26H,4-6,9-11,14H2,(H,36,41)(H,39,40)/t24-,25+,26-,31+/m0/s1. The molecule has 2 aliphatic carbocycles. The highest BCUT2D eigenvalue weighted by Crippen LogP contribution is 2.64. The Morgan fingerprint density at radius 1 is 1.17 bits per heavy atom. The first-order valence-corrected chi connectivity index (χ1v) is 14.9. The van der Waals surface area contributed by atoms with Crippen molar-refractivity contribution < 1.29 is 19.1 Å². The van der Waals surface area contributed by atoms with E-state index in [1.807, 2.05) is 6.07 Å². The first kappa shape index (κ1) is 25.5. The van der Waals surface area contributed by atoms with Gasteiger partial charge in [-0.3, -0.25) is 9.69 Å². The topological polar surface area (TPSA) is 87.5 Å². The average Bonchev–Trinajstić information content (AvgIpc) is 3.53. The van der Waals surface area contributed by atoms with Crippen LogP contribution in [0.15, 0.2) is 42.0 Å². The lowest BCUT2D eigenvalue weighted by Gasteiger charge is -2.40. The molecule has 0 unspecified atom stereocenters. The number of hydrogen-bond donors (Lipinski definition) is 2. The molecule has 4 atom stereocenters. The Bertz CT molecular complexity index is 1700. The van der Waals surface area contributed by atoms with E-state index in [4.69, 9.17) is 28.2 Å². The number of nitrogens with one attached hydrogen (secondary N) is 1. The quantitative estimate of drug-likeness (QED) is 0.390. The van der Waals surface area contributed by atoms with E-state index < -0.39 is 23.2 Å². The molecule has 10 heteroatoms. The fraction of sp³-hybridized carbons (Fsp3) is 0.387. The number of halogens is 3. The molecule has 4 heterocycles. The van der Waals surface area contributed by atoms with Gasteiger partial charge in [-0.2, -0.15) is 0 Å². The maximum Gasteiger partial charge on any atom is 0.331 e. The van der Waals surface area contributed by atoms with Gasteiger partial charge in [-0.1, -0.05) is 41.4 Å². The van der Waals surface area contributed by atoms with Gasteiger partial charge in [0.05, 0.1) is 10.7 Å². The zero-order valence-electron chi connectivity index (χ0n) is 22.0. The van der Waals surface area contributed by atoms with Crippen LogP contribution in [0.1, 0.15) is 65.9 Å². The second-order valence-corrected chi connectivity index (χ2v) is 12.8. The Hall–Kier alpha value is -3.20. The van der Waals surface area contributed by atoms with Crippen molar-refractivity contribution in [2.24, 2.45) is 5.92 Å². The van der Waals surface area contributed by atoms with Crippen molar-refractivity contribution in [3.8, 4) is 0 Å². The fourth-order valence-corrected chi connectivity index (χ4v) is 8.38. The third-order valence-electron chi connectivity index (χ3n) is 9.83. The molecule has 1 aromatic heterocycles. The number of aliphatic carboxylic acids is 1. The van der Waals surface area contributed by atoms with Gasteiger partial charge >= 0.3 is 5.97 Å². The monoisotopic (exact) mass is 592 g/mol.